The van der Waals surface area contributed by atoms with Gasteiger partial charge in [0.05, 0.1) is 11.8 Å². The van der Waals surface area contributed by atoms with E-state index >= 15 is 0 Å². The quantitative estimate of drug-likeness (QED) is 0.682. The zero-order valence-electron chi connectivity index (χ0n) is 7.06. The number of aldehydes is 1. The van der Waals surface area contributed by atoms with Gasteiger partial charge in [-0.25, -0.2) is 0 Å². The Hall–Kier alpha value is -1.91. The number of rotatable bonds is 2. The van der Waals surface area contributed by atoms with Gasteiger partial charge in [0.2, 0.25) is 0 Å². The summed E-state index contributed by atoms with van der Waals surface area (Å²) < 4.78 is 1.60. The van der Waals surface area contributed by atoms with Crippen molar-refractivity contribution in [2.24, 2.45) is 7.05 Å². The van der Waals surface area contributed by atoms with Crippen LogP contribution < -0.4 is 0 Å². The molecule has 2 aromatic heterocycles. The van der Waals surface area contributed by atoms with Crippen molar-refractivity contribution >= 4 is 6.29 Å². The van der Waals surface area contributed by atoms with Crippen LogP contribution in [0.25, 0.3) is 11.3 Å². The van der Waals surface area contributed by atoms with Gasteiger partial charge in [0.25, 0.3) is 0 Å². The summed E-state index contributed by atoms with van der Waals surface area (Å²) >= 11 is 0. The molecule has 2 heterocycles. The molecule has 1 N–H and O–H groups in total. The normalized spacial score (nSPS) is 10.2. The fourth-order valence-corrected chi connectivity index (χ4v) is 1.20. The monoisotopic (exact) mass is 176 g/mol. The SMILES string of the molecule is Cn1cc(C=O)c(-c2cn[nH]c2)n1. The number of nitrogens with zero attached hydrogens (tertiary/aromatic N) is 3. The molecule has 0 amide bonds. The summed E-state index contributed by atoms with van der Waals surface area (Å²) in [4.78, 5) is 10.7. The predicted octanol–water partition coefficient (Wildman–Crippen LogP) is 0.623. The van der Waals surface area contributed by atoms with Crippen molar-refractivity contribution in [3.05, 3.63) is 24.2 Å². The Morgan fingerprint density at radius 1 is 1.62 bits per heavy atom. The lowest BCUT2D eigenvalue weighted by Crippen LogP contribution is -1.86. The van der Waals surface area contributed by atoms with Crippen LogP contribution in [0.1, 0.15) is 10.4 Å². The molecule has 66 valence electrons. The van der Waals surface area contributed by atoms with Gasteiger partial charge in [-0.15, -0.1) is 0 Å². The minimum absolute atomic E-state index is 0.573. The Kier molecular flexibility index (Phi) is 1.70. The Morgan fingerprint density at radius 3 is 3.08 bits per heavy atom. The number of hydrogen-bond donors (Lipinski definition) is 1. The smallest absolute Gasteiger partial charge is 0.153 e. The van der Waals surface area contributed by atoms with Gasteiger partial charge in [0.15, 0.2) is 6.29 Å². The Labute approximate surface area is 74.4 Å². The van der Waals surface area contributed by atoms with Crippen molar-refractivity contribution in [3.63, 3.8) is 0 Å². The molecule has 0 unspecified atom stereocenters. The van der Waals surface area contributed by atoms with Crippen molar-refractivity contribution in [3.8, 4) is 11.3 Å². The number of carbonyl (C=O) groups excluding carboxylic acids is 1. The van der Waals surface area contributed by atoms with Crippen molar-refractivity contribution < 1.29 is 4.79 Å². The molecule has 0 saturated carbocycles. The third kappa shape index (κ3) is 1.24. The zero-order chi connectivity index (χ0) is 9.26. The summed E-state index contributed by atoms with van der Waals surface area (Å²) in [5.41, 5.74) is 2.05. The van der Waals surface area contributed by atoms with Crippen LogP contribution in [0.5, 0.6) is 0 Å². The molecule has 0 radical (unpaired) electrons. The van der Waals surface area contributed by atoms with Crippen molar-refractivity contribution in [2.45, 2.75) is 0 Å². The van der Waals surface area contributed by atoms with Gasteiger partial charge >= 0.3 is 0 Å². The second-order valence-corrected chi connectivity index (χ2v) is 2.71. The number of aromatic nitrogens is 4. The van der Waals surface area contributed by atoms with E-state index in [1.54, 1.807) is 30.3 Å². The Morgan fingerprint density at radius 2 is 2.46 bits per heavy atom. The average molecular weight is 176 g/mol. The van der Waals surface area contributed by atoms with Gasteiger partial charge in [-0.1, -0.05) is 0 Å². The van der Waals surface area contributed by atoms with Crippen LogP contribution in [-0.4, -0.2) is 26.3 Å². The van der Waals surface area contributed by atoms with Crippen LogP contribution in [0.4, 0.5) is 0 Å². The number of hydrogen-bond acceptors (Lipinski definition) is 3. The predicted molar refractivity (Wildman–Crippen MR) is 46.2 cm³/mol. The molecule has 0 aliphatic heterocycles. The van der Waals surface area contributed by atoms with Crippen LogP contribution in [0.15, 0.2) is 18.6 Å². The van der Waals surface area contributed by atoms with E-state index in [9.17, 15) is 4.79 Å². The second-order valence-electron chi connectivity index (χ2n) is 2.71. The van der Waals surface area contributed by atoms with Gasteiger partial charge in [0, 0.05) is 25.0 Å². The lowest BCUT2D eigenvalue weighted by molar-refractivity contribution is 0.112. The van der Waals surface area contributed by atoms with E-state index in [2.05, 4.69) is 15.3 Å². The molecule has 0 saturated heterocycles. The lowest BCUT2D eigenvalue weighted by atomic mass is 10.2. The third-order valence-electron chi connectivity index (χ3n) is 1.76. The first-order valence-electron chi connectivity index (χ1n) is 3.79. The number of aromatic amines is 1. The highest BCUT2D eigenvalue weighted by Gasteiger charge is 2.09. The minimum atomic E-state index is 0.573. The Bertz CT molecular complexity index is 415. The summed E-state index contributed by atoms with van der Waals surface area (Å²) in [5, 5.41) is 10.6. The molecule has 0 spiro atoms. The highest BCUT2D eigenvalue weighted by atomic mass is 16.1. The van der Waals surface area contributed by atoms with Crippen LogP contribution in [0.2, 0.25) is 0 Å². The molecule has 5 nitrogen and oxygen atoms in total. The van der Waals surface area contributed by atoms with Crippen molar-refractivity contribution in [1.29, 1.82) is 0 Å². The molecule has 2 aromatic rings. The first-order chi connectivity index (χ1) is 6.31. The molecule has 2 rings (SSSR count). The van der Waals surface area contributed by atoms with E-state index < -0.39 is 0 Å². The maximum atomic E-state index is 10.7. The summed E-state index contributed by atoms with van der Waals surface area (Å²) in [6.45, 7) is 0. The molecule has 0 aliphatic rings. The van der Waals surface area contributed by atoms with Gasteiger partial charge in [0.1, 0.15) is 5.69 Å². The fourth-order valence-electron chi connectivity index (χ4n) is 1.20. The zero-order valence-corrected chi connectivity index (χ0v) is 7.06. The molecule has 5 heteroatoms. The molecule has 0 atom stereocenters. The molecule has 0 fully saturated rings. The van der Waals surface area contributed by atoms with Crippen molar-refractivity contribution in [1.82, 2.24) is 20.0 Å². The lowest BCUT2D eigenvalue weighted by Gasteiger charge is -1.88. The van der Waals surface area contributed by atoms with E-state index in [0.29, 0.717) is 11.3 Å². The van der Waals surface area contributed by atoms with Crippen LogP contribution in [-0.2, 0) is 7.05 Å². The van der Waals surface area contributed by atoms with Gasteiger partial charge in [-0.2, -0.15) is 10.2 Å². The van der Waals surface area contributed by atoms with Gasteiger partial charge in [-0.3, -0.25) is 14.6 Å². The Balaban J connectivity index is 2.56. The van der Waals surface area contributed by atoms with E-state index in [4.69, 9.17) is 0 Å². The highest BCUT2D eigenvalue weighted by Crippen LogP contribution is 2.18. The van der Waals surface area contributed by atoms with Gasteiger partial charge in [-0.05, 0) is 0 Å². The number of nitrogens with one attached hydrogen (secondary N) is 1. The number of carbonyl (C=O) groups is 1. The fraction of sp³-hybridized carbons (Fsp3) is 0.125. The van der Waals surface area contributed by atoms with E-state index in [0.717, 1.165) is 11.8 Å². The van der Waals surface area contributed by atoms with Crippen molar-refractivity contribution in [2.75, 3.05) is 0 Å². The van der Waals surface area contributed by atoms with Crippen LogP contribution in [0, 0.1) is 0 Å². The number of aryl methyl sites for hydroxylation is 1. The maximum absolute atomic E-state index is 10.7. The maximum Gasteiger partial charge on any atom is 0.153 e. The molecule has 0 aliphatic carbocycles. The van der Waals surface area contributed by atoms with E-state index in [-0.39, 0.29) is 0 Å². The standard InChI is InChI=1S/C8H8N4O/c1-12-4-7(5-13)8(11-12)6-2-9-10-3-6/h2-5H,1H3,(H,9,10). The highest BCUT2D eigenvalue weighted by molar-refractivity contribution is 5.84. The summed E-state index contributed by atoms with van der Waals surface area (Å²) in [6, 6.07) is 0. The third-order valence-corrected chi connectivity index (χ3v) is 1.76. The second kappa shape index (κ2) is 2.85. The summed E-state index contributed by atoms with van der Waals surface area (Å²) in [6.07, 6.45) is 5.80. The van der Waals surface area contributed by atoms with Crippen LogP contribution >= 0.6 is 0 Å². The minimum Gasteiger partial charge on any atom is -0.298 e. The summed E-state index contributed by atoms with van der Waals surface area (Å²) in [5.74, 6) is 0. The van der Waals surface area contributed by atoms with E-state index in [1.807, 2.05) is 0 Å². The summed E-state index contributed by atoms with van der Waals surface area (Å²) in [7, 11) is 1.77. The first kappa shape index (κ1) is 7.72. The van der Waals surface area contributed by atoms with E-state index in [1.165, 1.54) is 0 Å². The largest absolute Gasteiger partial charge is 0.298 e. The first-order valence-corrected chi connectivity index (χ1v) is 3.79. The molecular weight excluding hydrogens is 168 g/mol. The number of H-pyrrole nitrogens is 1. The molecule has 13 heavy (non-hydrogen) atoms. The van der Waals surface area contributed by atoms with Gasteiger partial charge < -0.3 is 0 Å². The average Bonchev–Trinajstić information content (AvgIpc) is 2.71. The molecule has 0 bridgehead atoms. The van der Waals surface area contributed by atoms with Crippen LogP contribution in [0.3, 0.4) is 0 Å². The molecular formula is C8H8N4O. The topological polar surface area (TPSA) is 63.6 Å². The molecule has 0 aromatic carbocycles.